The Morgan fingerprint density at radius 3 is 2.61 bits per heavy atom. The highest BCUT2D eigenvalue weighted by molar-refractivity contribution is 9.09. The van der Waals surface area contributed by atoms with Gasteiger partial charge in [0.15, 0.2) is 0 Å². The Morgan fingerprint density at radius 1 is 1.39 bits per heavy atom. The van der Waals surface area contributed by atoms with Gasteiger partial charge in [0.1, 0.15) is 5.75 Å². The molecule has 1 aromatic carbocycles. The molecule has 0 aliphatic heterocycles. The molecule has 18 heavy (non-hydrogen) atoms. The van der Waals surface area contributed by atoms with Gasteiger partial charge >= 0.3 is 0 Å². The van der Waals surface area contributed by atoms with Crippen molar-refractivity contribution in [2.75, 3.05) is 5.33 Å². The number of hydrogen-bond donors (Lipinski definition) is 2. The van der Waals surface area contributed by atoms with E-state index in [2.05, 4.69) is 35.1 Å². The topological polar surface area (TPSA) is 49.3 Å². The largest absolute Gasteiger partial charge is 0.508 e. The Hall–Kier alpha value is -1.03. The average Bonchev–Trinajstić information content (AvgIpc) is 2.31. The first-order chi connectivity index (χ1) is 8.54. The number of para-hydroxylation sites is 1. The maximum Gasteiger partial charge on any atom is 0.224 e. The van der Waals surface area contributed by atoms with Crippen molar-refractivity contribution in [1.29, 1.82) is 0 Å². The van der Waals surface area contributed by atoms with Crippen molar-refractivity contribution in [1.82, 2.24) is 5.32 Å². The highest BCUT2D eigenvalue weighted by Gasteiger charge is 2.16. The van der Waals surface area contributed by atoms with Crippen LogP contribution < -0.4 is 5.32 Å². The fourth-order valence-corrected chi connectivity index (χ4v) is 2.27. The second-order valence-corrected chi connectivity index (χ2v) is 5.49. The third-order valence-electron chi connectivity index (χ3n) is 2.91. The van der Waals surface area contributed by atoms with Crippen LogP contribution in [0.5, 0.6) is 5.75 Å². The van der Waals surface area contributed by atoms with E-state index >= 15 is 0 Å². The van der Waals surface area contributed by atoms with Gasteiger partial charge in [0, 0.05) is 16.9 Å². The maximum atomic E-state index is 11.9. The van der Waals surface area contributed by atoms with Crippen LogP contribution in [0.1, 0.15) is 25.8 Å². The van der Waals surface area contributed by atoms with Gasteiger partial charge in [-0.2, -0.15) is 0 Å². The molecule has 4 heteroatoms. The molecule has 0 radical (unpaired) electrons. The number of carbonyl (C=O) groups excluding carboxylic acids is 1. The summed E-state index contributed by atoms with van der Waals surface area (Å²) in [6, 6.07) is 7.10. The minimum atomic E-state index is -0.0452. The zero-order valence-corrected chi connectivity index (χ0v) is 12.4. The molecule has 0 fully saturated rings. The predicted molar refractivity (Wildman–Crippen MR) is 77.0 cm³/mol. The molecule has 1 aromatic rings. The summed E-state index contributed by atoms with van der Waals surface area (Å²) in [7, 11) is 0. The number of phenolic OH excluding ortho intramolecular Hbond substituents is 1. The van der Waals surface area contributed by atoms with Crippen LogP contribution in [0.15, 0.2) is 24.3 Å². The summed E-state index contributed by atoms with van der Waals surface area (Å²) >= 11 is 3.40. The van der Waals surface area contributed by atoms with Crippen molar-refractivity contribution in [2.45, 2.75) is 32.7 Å². The van der Waals surface area contributed by atoms with E-state index in [1.807, 2.05) is 6.07 Å². The molecule has 3 nitrogen and oxygen atoms in total. The Morgan fingerprint density at radius 2 is 2.06 bits per heavy atom. The first-order valence-electron chi connectivity index (χ1n) is 6.16. The van der Waals surface area contributed by atoms with Crippen LogP contribution in [0.2, 0.25) is 0 Å². The fraction of sp³-hybridized carbons (Fsp3) is 0.500. The lowest BCUT2D eigenvalue weighted by molar-refractivity contribution is -0.121. The van der Waals surface area contributed by atoms with Crippen LogP contribution in [0.25, 0.3) is 0 Å². The number of rotatable bonds is 6. The first kappa shape index (κ1) is 15.0. The average molecular weight is 314 g/mol. The van der Waals surface area contributed by atoms with Gasteiger partial charge in [0.2, 0.25) is 5.91 Å². The summed E-state index contributed by atoms with van der Waals surface area (Å²) in [6.45, 7) is 4.18. The molecule has 1 atom stereocenters. The van der Waals surface area contributed by atoms with Crippen LogP contribution in [0.4, 0.5) is 0 Å². The number of phenols is 1. The van der Waals surface area contributed by atoms with Crippen molar-refractivity contribution in [3.05, 3.63) is 29.8 Å². The Labute approximate surface area is 117 Å². The van der Waals surface area contributed by atoms with Gasteiger partial charge in [-0.1, -0.05) is 48.0 Å². The minimum absolute atomic E-state index is 0.0452. The lowest BCUT2D eigenvalue weighted by Gasteiger charge is -2.21. The smallest absolute Gasteiger partial charge is 0.224 e. The molecular formula is C14H20BrNO2. The highest BCUT2D eigenvalue weighted by atomic mass is 79.9. The van der Waals surface area contributed by atoms with E-state index in [4.69, 9.17) is 0 Å². The molecule has 100 valence electrons. The Bertz CT molecular complexity index is 393. The monoisotopic (exact) mass is 313 g/mol. The van der Waals surface area contributed by atoms with Crippen molar-refractivity contribution < 1.29 is 9.90 Å². The summed E-state index contributed by atoms with van der Waals surface area (Å²) < 4.78 is 0. The van der Waals surface area contributed by atoms with E-state index in [1.54, 1.807) is 18.2 Å². The standard InChI is InChI=1S/C14H20BrNO2/c1-10(2)12(7-8-15)16-14(18)9-11-5-3-4-6-13(11)17/h3-6,10,12,17H,7-9H2,1-2H3,(H,16,18). The Kier molecular flexibility index (Phi) is 6.19. The van der Waals surface area contributed by atoms with Crippen LogP contribution in [0.3, 0.4) is 0 Å². The van der Waals surface area contributed by atoms with Gasteiger partial charge in [-0.05, 0) is 18.4 Å². The van der Waals surface area contributed by atoms with Gasteiger partial charge in [-0.15, -0.1) is 0 Å². The molecule has 0 bridgehead atoms. The quantitative estimate of drug-likeness (QED) is 0.793. The number of alkyl halides is 1. The van der Waals surface area contributed by atoms with E-state index in [1.165, 1.54) is 0 Å². The van der Waals surface area contributed by atoms with Crippen LogP contribution in [-0.4, -0.2) is 22.4 Å². The van der Waals surface area contributed by atoms with Gasteiger partial charge in [0.25, 0.3) is 0 Å². The predicted octanol–water partition coefficient (Wildman–Crippen LogP) is 2.86. The summed E-state index contributed by atoms with van der Waals surface area (Å²) in [5.41, 5.74) is 0.663. The SMILES string of the molecule is CC(C)C(CCBr)NC(=O)Cc1ccccc1O. The zero-order valence-electron chi connectivity index (χ0n) is 10.8. The maximum absolute atomic E-state index is 11.9. The molecule has 0 spiro atoms. The number of halogens is 1. The fourth-order valence-electron chi connectivity index (χ4n) is 1.78. The number of aromatic hydroxyl groups is 1. The molecule has 0 saturated carbocycles. The molecule has 0 heterocycles. The summed E-state index contributed by atoms with van der Waals surface area (Å²) in [6.07, 6.45) is 1.13. The van der Waals surface area contributed by atoms with E-state index in [0.29, 0.717) is 11.5 Å². The van der Waals surface area contributed by atoms with E-state index in [0.717, 1.165) is 11.8 Å². The molecule has 2 N–H and O–H groups in total. The highest BCUT2D eigenvalue weighted by Crippen LogP contribution is 2.16. The number of hydrogen-bond acceptors (Lipinski definition) is 2. The summed E-state index contributed by atoms with van der Waals surface area (Å²) in [4.78, 5) is 11.9. The van der Waals surface area contributed by atoms with Gasteiger partial charge in [-0.3, -0.25) is 4.79 Å². The molecule has 0 aromatic heterocycles. The molecular weight excluding hydrogens is 294 g/mol. The second-order valence-electron chi connectivity index (χ2n) is 4.70. The third-order valence-corrected chi connectivity index (χ3v) is 3.37. The molecule has 1 amide bonds. The number of amides is 1. The molecule has 0 saturated heterocycles. The Balaban J connectivity index is 2.58. The lowest BCUT2D eigenvalue weighted by atomic mass is 10.0. The molecule has 1 rings (SSSR count). The van der Waals surface area contributed by atoms with E-state index in [-0.39, 0.29) is 24.1 Å². The van der Waals surface area contributed by atoms with Crippen LogP contribution in [0, 0.1) is 5.92 Å². The lowest BCUT2D eigenvalue weighted by Crippen LogP contribution is -2.39. The van der Waals surface area contributed by atoms with Crippen LogP contribution >= 0.6 is 15.9 Å². The van der Waals surface area contributed by atoms with Crippen molar-refractivity contribution in [2.24, 2.45) is 5.92 Å². The number of carbonyl (C=O) groups is 1. The molecule has 0 aliphatic rings. The van der Waals surface area contributed by atoms with Gasteiger partial charge < -0.3 is 10.4 Å². The first-order valence-corrected chi connectivity index (χ1v) is 7.29. The van der Waals surface area contributed by atoms with Crippen molar-refractivity contribution in [3.63, 3.8) is 0 Å². The zero-order chi connectivity index (χ0) is 13.5. The summed E-state index contributed by atoms with van der Waals surface area (Å²) in [5.74, 6) is 0.529. The molecule has 1 unspecified atom stereocenters. The number of nitrogens with one attached hydrogen (secondary N) is 1. The summed E-state index contributed by atoms with van der Waals surface area (Å²) in [5, 5.41) is 13.5. The number of benzene rings is 1. The third kappa shape index (κ3) is 4.69. The molecule has 0 aliphatic carbocycles. The van der Waals surface area contributed by atoms with Gasteiger partial charge in [0.05, 0.1) is 6.42 Å². The normalized spacial score (nSPS) is 12.4. The van der Waals surface area contributed by atoms with E-state index in [9.17, 15) is 9.90 Å². The van der Waals surface area contributed by atoms with Crippen molar-refractivity contribution in [3.8, 4) is 5.75 Å². The second kappa shape index (κ2) is 7.41. The minimum Gasteiger partial charge on any atom is -0.508 e. The van der Waals surface area contributed by atoms with Gasteiger partial charge in [-0.25, -0.2) is 0 Å². The van der Waals surface area contributed by atoms with E-state index < -0.39 is 0 Å². The van der Waals surface area contributed by atoms with Crippen molar-refractivity contribution >= 4 is 21.8 Å². The van der Waals surface area contributed by atoms with Crippen LogP contribution in [-0.2, 0) is 11.2 Å².